The lowest BCUT2D eigenvalue weighted by Gasteiger charge is -2.18. The number of aromatic nitrogens is 1. The molecule has 0 unspecified atom stereocenters. The number of rotatable bonds is 6. The molecular weight excluding hydrogens is 312 g/mol. The van der Waals surface area contributed by atoms with Gasteiger partial charge in [0.15, 0.2) is 0 Å². The number of methoxy groups -OCH3 is 1. The number of nitrogens with one attached hydrogen (secondary N) is 1. The van der Waals surface area contributed by atoms with Gasteiger partial charge in [-0.3, -0.25) is 0 Å². The van der Waals surface area contributed by atoms with Gasteiger partial charge in [-0.05, 0) is 36.2 Å². The van der Waals surface area contributed by atoms with Crippen molar-refractivity contribution < 1.29 is 9.26 Å². The van der Waals surface area contributed by atoms with Crippen LogP contribution in [0, 0.1) is 0 Å². The lowest BCUT2D eigenvalue weighted by Crippen LogP contribution is -2.14. The van der Waals surface area contributed by atoms with Crippen molar-refractivity contribution in [2.75, 3.05) is 12.4 Å². The number of benzene rings is 2. The van der Waals surface area contributed by atoms with Gasteiger partial charge in [0.25, 0.3) is 0 Å². The maximum atomic E-state index is 5.95. The zero-order chi connectivity index (χ0) is 16.1. The summed E-state index contributed by atoms with van der Waals surface area (Å²) in [6.45, 7) is 0. The van der Waals surface area contributed by atoms with Crippen molar-refractivity contribution in [1.29, 1.82) is 0 Å². The predicted octanol–water partition coefficient (Wildman–Crippen LogP) is 4.73. The van der Waals surface area contributed by atoms with Crippen LogP contribution in [0.5, 0.6) is 5.95 Å². The lowest BCUT2D eigenvalue weighted by molar-refractivity contribution is 0.258. The average molecular weight is 329 g/mol. The molecule has 5 heteroatoms. The third-order valence-electron chi connectivity index (χ3n) is 3.53. The highest BCUT2D eigenvalue weighted by Gasteiger charge is 2.17. The molecule has 3 aromatic rings. The van der Waals surface area contributed by atoms with E-state index in [0.717, 1.165) is 17.8 Å². The topological polar surface area (TPSA) is 47.3 Å². The molecule has 4 nitrogen and oxygen atoms in total. The van der Waals surface area contributed by atoms with Gasteiger partial charge >= 0.3 is 5.95 Å². The summed E-state index contributed by atoms with van der Waals surface area (Å²) in [5.74, 6) is 0.399. The summed E-state index contributed by atoms with van der Waals surface area (Å²) in [5, 5.41) is 8.29. The van der Waals surface area contributed by atoms with Crippen LogP contribution in [0.2, 0.25) is 5.02 Å². The molecule has 0 fully saturated rings. The van der Waals surface area contributed by atoms with Crippen molar-refractivity contribution >= 4 is 17.3 Å². The van der Waals surface area contributed by atoms with E-state index in [1.54, 1.807) is 13.2 Å². The minimum absolute atomic E-state index is 0.0359. The van der Waals surface area contributed by atoms with Gasteiger partial charge in [0.1, 0.15) is 5.69 Å². The van der Waals surface area contributed by atoms with Crippen molar-refractivity contribution in [2.45, 2.75) is 12.5 Å². The fraction of sp³-hybridized carbons (Fsp3) is 0.167. The van der Waals surface area contributed by atoms with Gasteiger partial charge in [-0.2, -0.15) is 0 Å². The Kier molecular flexibility index (Phi) is 4.83. The van der Waals surface area contributed by atoms with Crippen molar-refractivity contribution in [2.24, 2.45) is 0 Å². The van der Waals surface area contributed by atoms with E-state index >= 15 is 0 Å². The Hall–Kier alpha value is -2.46. The van der Waals surface area contributed by atoms with Gasteiger partial charge < -0.3 is 14.6 Å². The Morgan fingerprint density at radius 1 is 1.13 bits per heavy atom. The molecule has 0 aliphatic heterocycles. The van der Waals surface area contributed by atoms with E-state index in [4.69, 9.17) is 20.9 Å². The smallest absolute Gasteiger partial charge is 0.311 e. The molecule has 0 spiro atoms. The fourth-order valence-corrected chi connectivity index (χ4v) is 2.48. The van der Waals surface area contributed by atoms with Gasteiger partial charge in [0, 0.05) is 16.8 Å². The molecule has 1 N–H and O–H groups in total. The summed E-state index contributed by atoms with van der Waals surface area (Å²) in [5.41, 5.74) is 2.97. The summed E-state index contributed by atoms with van der Waals surface area (Å²) in [7, 11) is 1.56. The number of ether oxygens (including phenoxy) is 1. The number of anilines is 1. The Bertz CT molecular complexity index is 741. The summed E-state index contributed by atoms with van der Waals surface area (Å²) >= 11 is 5.95. The van der Waals surface area contributed by atoms with E-state index < -0.39 is 0 Å². The minimum atomic E-state index is -0.0359. The first kappa shape index (κ1) is 15.4. The fourth-order valence-electron chi connectivity index (χ4n) is 2.36. The number of halogens is 1. The van der Waals surface area contributed by atoms with Crippen LogP contribution >= 0.6 is 11.6 Å². The number of nitrogens with zero attached hydrogens (tertiary/aromatic N) is 1. The van der Waals surface area contributed by atoms with Crippen molar-refractivity contribution in [3.05, 3.63) is 76.9 Å². The first-order valence-electron chi connectivity index (χ1n) is 7.31. The Labute approximate surface area is 140 Å². The van der Waals surface area contributed by atoms with Gasteiger partial charge in [0.2, 0.25) is 0 Å². The summed E-state index contributed by atoms with van der Waals surface area (Å²) in [4.78, 5) is 0. The van der Waals surface area contributed by atoms with E-state index in [0.29, 0.717) is 11.0 Å². The zero-order valence-corrected chi connectivity index (χ0v) is 13.5. The largest absolute Gasteiger partial charge is 0.467 e. The van der Waals surface area contributed by atoms with Crippen LogP contribution in [0.3, 0.4) is 0 Å². The summed E-state index contributed by atoms with van der Waals surface area (Å²) in [6, 6.07) is 19.6. The molecule has 118 valence electrons. The normalized spacial score (nSPS) is 11.9. The first-order chi connectivity index (χ1) is 11.2. The second kappa shape index (κ2) is 7.20. The monoisotopic (exact) mass is 328 g/mol. The van der Waals surface area contributed by atoms with Crippen molar-refractivity contribution in [3.8, 4) is 5.95 Å². The number of hydrogen-bond donors (Lipinski definition) is 1. The van der Waals surface area contributed by atoms with E-state index in [2.05, 4.69) is 22.6 Å². The predicted molar refractivity (Wildman–Crippen MR) is 91.0 cm³/mol. The maximum absolute atomic E-state index is 5.95. The molecule has 0 aliphatic rings. The molecule has 1 aromatic heterocycles. The Balaban J connectivity index is 1.84. The van der Waals surface area contributed by atoms with Crippen molar-refractivity contribution in [1.82, 2.24) is 5.16 Å². The highest BCUT2D eigenvalue weighted by Crippen LogP contribution is 2.26. The quantitative estimate of drug-likeness (QED) is 0.710. The van der Waals surface area contributed by atoms with Crippen LogP contribution in [0.15, 0.2) is 65.2 Å². The number of hydrogen-bond acceptors (Lipinski definition) is 4. The lowest BCUT2D eigenvalue weighted by atomic mass is 10.0. The minimum Gasteiger partial charge on any atom is -0.467 e. The molecule has 23 heavy (non-hydrogen) atoms. The average Bonchev–Trinajstić information content (AvgIpc) is 3.06. The maximum Gasteiger partial charge on any atom is 0.311 e. The molecule has 0 bridgehead atoms. The van der Waals surface area contributed by atoms with E-state index in [1.807, 2.05) is 42.5 Å². The van der Waals surface area contributed by atoms with Gasteiger partial charge in [-0.1, -0.05) is 47.1 Å². The van der Waals surface area contributed by atoms with Gasteiger partial charge in [0.05, 0.1) is 13.2 Å². The zero-order valence-electron chi connectivity index (χ0n) is 12.7. The van der Waals surface area contributed by atoms with Crippen LogP contribution in [0.4, 0.5) is 5.69 Å². The molecule has 0 saturated carbocycles. The summed E-state index contributed by atoms with van der Waals surface area (Å²) in [6.07, 6.45) is 0.777. The molecule has 0 amide bonds. The van der Waals surface area contributed by atoms with Gasteiger partial charge in [-0.15, -0.1) is 0 Å². The Morgan fingerprint density at radius 2 is 1.87 bits per heavy atom. The molecule has 3 rings (SSSR count). The highest BCUT2D eigenvalue weighted by atomic mass is 35.5. The van der Waals surface area contributed by atoms with E-state index in [-0.39, 0.29) is 6.04 Å². The standard InChI is InChI=1S/C18H17ClN2O2/c1-22-18-12-17(21-23-18)16(11-13-5-3-2-4-6-13)20-15-9-7-14(19)8-10-15/h2-10,12,16,20H,11H2,1H3/t16-/m1/s1. The van der Waals surface area contributed by atoms with Crippen LogP contribution in [0.1, 0.15) is 17.3 Å². The third kappa shape index (κ3) is 4.05. The molecule has 0 aliphatic carbocycles. The van der Waals surface area contributed by atoms with Crippen LogP contribution in [-0.2, 0) is 6.42 Å². The second-order valence-electron chi connectivity index (χ2n) is 5.17. The SMILES string of the molecule is COc1cc([C@@H](Cc2ccccc2)Nc2ccc(Cl)cc2)no1. The van der Waals surface area contributed by atoms with E-state index in [1.165, 1.54) is 5.56 Å². The molecule has 1 atom stereocenters. The van der Waals surface area contributed by atoms with Crippen LogP contribution < -0.4 is 10.1 Å². The molecule has 0 saturated heterocycles. The highest BCUT2D eigenvalue weighted by molar-refractivity contribution is 6.30. The van der Waals surface area contributed by atoms with Crippen LogP contribution in [0.25, 0.3) is 0 Å². The molecule has 1 heterocycles. The molecule has 2 aromatic carbocycles. The molecular formula is C18H17ClN2O2. The Morgan fingerprint density at radius 3 is 2.52 bits per heavy atom. The van der Waals surface area contributed by atoms with Crippen LogP contribution in [-0.4, -0.2) is 12.3 Å². The first-order valence-corrected chi connectivity index (χ1v) is 7.69. The third-order valence-corrected chi connectivity index (χ3v) is 3.78. The second-order valence-corrected chi connectivity index (χ2v) is 5.60. The van der Waals surface area contributed by atoms with Gasteiger partial charge in [-0.25, -0.2) is 0 Å². The van der Waals surface area contributed by atoms with E-state index in [9.17, 15) is 0 Å². The van der Waals surface area contributed by atoms with Crippen molar-refractivity contribution in [3.63, 3.8) is 0 Å². The summed E-state index contributed by atoms with van der Waals surface area (Å²) < 4.78 is 10.2. The molecule has 0 radical (unpaired) electrons.